The van der Waals surface area contributed by atoms with E-state index in [0.29, 0.717) is 29.6 Å². The molecule has 0 radical (unpaired) electrons. The van der Waals surface area contributed by atoms with E-state index in [2.05, 4.69) is 4.98 Å². The lowest BCUT2D eigenvalue weighted by atomic mass is 10.2. The van der Waals surface area contributed by atoms with E-state index in [1.165, 1.54) is 33.7 Å². The van der Waals surface area contributed by atoms with E-state index in [1.54, 1.807) is 6.92 Å². The molecule has 1 aromatic carbocycles. The van der Waals surface area contributed by atoms with Crippen molar-refractivity contribution in [3.8, 4) is 0 Å². The standard InChI is InChI=1S/C18H22F2N4O3S/c1-3-5-10-24-14(21)13(15(25)22-18(24)27)23(4-2)16(26)11-6-8-12(9-7-11)28-17(19)20/h6-9,17H,3-5,10,21H2,1-2H3,(H,22,25,27). The van der Waals surface area contributed by atoms with E-state index in [1.807, 2.05) is 6.92 Å². The minimum Gasteiger partial charge on any atom is -0.383 e. The second-order valence-electron chi connectivity index (χ2n) is 5.95. The molecule has 28 heavy (non-hydrogen) atoms. The number of hydrogen-bond donors (Lipinski definition) is 2. The van der Waals surface area contributed by atoms with E-state index in [9.17, 15) is 23.2 Å². The molecule has 0 bridgehead atoms. The molecule has 2 rings (SSSR count). The predicted octanol–water partition coefficient (Wildman–Crippen LogP) is 2.90. The van der Waals surface area contributed by atoms with Gasteiger partial charge in [-0.2, -0.15) is 8.78 Å². The molecule has 0 aliphatic heterocycles. The average molecular weight is 412 g/mol. The molecule has 2 aromatic rings. The number of alkyl halides is 2. The first-order valence-electron chi connectivity index (χ1n) is 8.79. The summed E-state index contributed by atoms with van der Waals surface area (Å²) in [6, 6.07) is 5.64. The summed E-state index contributed by atoms with van der Waals surface area (Å²) in [6.45, 7) is 4.06. The number of carbonyl (C=O) groups excluding carboxylic acids is 1. The van der Waals surface area contributed by atoms with Crippen molar-refractivity contribution in [2.75, 3.05) is 17.2 Å². The van der Waals surface area contributed by atoms with Crippen LogP contribution in [-0.2, 0) is 6.54 Å². The molecule has 1 aromatic heterocycles. The van der Waals surface area contributed by atoms with Crippen molar-refractivity contribution < 1.29 is 13.6 Å². The van der Waals surface area contributed by atoms with Crippen LogP contribution in [0.3, 0.4) is 0 Å². The zero-order valence-corrected chi connectivity index (χ0v) is 16.4. The van der Waals surface area contributed by atoms with Crippen LogP contribution >= 0.6 is 11.8 Å². The van der Waals surface area contributed by atoms with Crippen LogP contribution in [0.4, 0.5) is 20.3 Å². The van der Waals surface area contributed by atoms with Crippen molar-refractivity contribution in [3.05, 3.63) is 50.7 Å². The summed E-state index contributed by atoms with van der Waals surface area (Å²) in [5.41, 5.74) is 4.79. The first-order chi connectivity index (χ1) is 13.3. The molecule has 152 valence electrons. The van der Waals surface area contributed by atoms with Crippen LogP contribution in [0.5, 0.6) is 0 Å². The van der Waals surface area contributed by atoms with Crippen LogP contribution in [0.2, 0.25) is 0 Å². The molecule has 0 spiro atoms. The highest BCUT2D eigenvalue weighted by molar-refractivity contribution is 7.99. The maximum absolute atomic E-state index is 12.9. The number of rotatable bonds is 8. The molecule has 0 saturated carbocycles. The number of thioether (sulfide) groups is 1. The number of halogens is 2. The number of aromatic amines is 1. The van der Waals surface area contributed by atoms with Gasteiger partial charge >= 0.3 is 5.69 Å². The van der Waals surface area contributed by atoms with Crippen LogP contribution in [0.25, 0.3) is 0 Å². The van der Waals surface area contributed by atoms with Gasteiger partial charge in [-0.15, -0.1) is 0 Å². The number of carbonyl (C=O) groups is 1. The Morgan fingerprint density at radius 2 is 1.89 bits per heavy atom. The van der Waals surface area contributed by atoms with Gasteiger partial charge in [-0.3, -0.25) is 19.1 Å². The van der Waals surface area contributed by atoms with E-state index >= 15 is 0 Å². The Morgan fingerprint density at radius 1 is 1.25 bits per heavy atom. The fourth-order valence-corrected chi connectivity index (χ4v) is 3.21. The van der Waals surface area contributed by atoms with Gasteiger partial charge in [0.1, 0.15) is 5.82 Å². The first-order valence-corrected chi connectivity index (χ1v) is 9.67. The molecule has 0 aliphatic carbocycles. The molecular weight excluding hydrogens is 390 g/mol. The molecule has 3 N–H and O–H groups in total. The SMILES string of the molecule is CCCCn1c(N)c(N(CC)C(=O)c2ccc(SC(F)F)cc2)c(=O)[nH]c1=O. The number of anilines is 2. The summed E-state index contributed by atoms with van der Waals surface area (Å²) in [6.07, 6.45) is 1.50. The van der Waals surface area contributed by atoms with Crippen molar-refractivity contribution in [2.24, 2.45) is 0 Å². The third-order valence-electron chi connectivity index (χ3n) is 4.11. The number of benzene rings is 1. The maximum Gasteiger partial charge on any atom is 0.330 e. The summed E-state index contributed by atoms with van der Waals surface area (Å²) < 4.78 is 26.1. The van der Waals surface area contributed by atoms with Crippen molar-refractivity contribution in [2.45, 2.75) is 43.9 Å². The van der Waals surface area contributed by atoms with Gasteiger partial charge in [-0.05, 0) is 37.6 Å². The zero-order chi connectivity index (χ0) is 20.8. The number of nitrogens with zero attached hydrogens (tertiary/aromatic N) is 2. The van der Waals surface area contributed by atoms with Crippen molar-refractivity contribution >= 4 is 29.2 Å². The second kappa shape index (κ2) is 9.54. The van der Waals surface area contributed by atoms with E-state index in [4.69, 9.17) is 5.73 Å². The number of nitrogen functional groups attached to an aromatic ring is 1. The summed E-state index contributed by atoms with van der Waals surface area (Å²) in [5.74, 6) is -3.16. The van der Waals surface area contributed by atoms with Gasteiger partial charge in [-0.1, -0.05) is 25.1 Å². The van der Waals surface area contributed by atoms with Gasteiger partial charge in [-0.25, -0.2) is 4.79 Å². The fourth-order valence-electron chi connectivity index (χ4n) is 2.71. The molecule has 0 saturated heterocycles. The van der Waals surface area contributed by atoms with Gasteiger partial charge in [0.15, 0.2) is 5.69 Å². The highest BCUT2D eigenvalue weighted by atomic mass is 32.2. The molecule has 0 unspecified atom stereocenters. The largest absolute Gasteiger partial charge is 0.383 e. The van der Waals surface area contributed by atoms with Gasteiger partial charge in [0.2, 0.25) is 0 Å². The van der Waals surface area contributed by atoms with Crippen LogP contribution < -0.4 is 21.9 Å². The van der Waals surface area contributed by atoms with Crippen LogP contribution in [0, 0.1) is 0 Å². The third-order valence-corrected chi connectivity index (χ3v) is 4.83. The predicted molar refractivity (Wildman–Crippen MR) is 106 cm³/mol. The Morgan fingerprint density at radius 3 is 2.43 bits per heavy atom. The summed E-state index contributed by atoms with van der Waals surface area (Å²) in [4.78, 5) is 41.0. The Hall–Kier alpha value is -2.62. The van der Waals surface area contributed by atoms with E-state index in [-0.39, 0.29) is 23.6 Å². The maximum atomic E-state index is 12.9. The third kappa shape index (κ3) is 4.80. The van der Waals surface area contributed by atoms with Crippen LogP contribution in [0.1, 0.15) is 37.0 Å². The lowest BCUT2D eigenvalue weighted by Gasteiger charge is -2.23. The number of aromatic nitrogens is 2. The molecule has 0 aliphatic rings. The monoisotopic (exact) mass is 412 g/mol. The van der Waals surface area contributed by atoms with Crippen molar-refractivity contribution in [1.29, 1.82) is 0 Å². The number of hydrogen-bond acceptors (Lipinski definition) is 5. The highest BCUT2D eigenvalue weighted by Crippen LogP contribution is 2.26. The van der Waals surface area contributed by atoms with Gasteiger partial charge in [0.25, 0.3) is 17.2 Å². The van der Waals surface area contributed by atoms with Crippen LogP contribution in [0.15, 0.2) is 38.8 Å². The summed E-state index contributed by atoms with van der Waals surface area (Å²) >= 11 is 0.374. The number of amides is 1. The molecule has 1 heterocycles. The van der Waals surface area contributed by atoms with Gasteiger partial charge in [0.05, 0.1) is 0 Å². The van der Waals surface area contributed by atoms with E-state index in [0.717, 1.165) is 6.42 Å². The lowest BCUT2D eigenvalue weighted by molar-refractivity contribution is 0.0988. The smallest absolute Gasteiger partial charge is 0.330 e. The summed E-state index contributed by atoms with van der Waals surface area (Å²) in [5, 5.41) is 0. The highest BCUT2D eigenvalue weighted by Gasteiger charge is 2.24. The molecule has 0 atom stereocenters. The molecule has 10 heteroatoms. The molecule has 1 amide bonds. The Labute approximate surface area is 164 Å². The van der Waals surface area contributed by atoms with Crippen molar-refractivity contribution in [3.63, 3.8) is 0 Å². The zero-order valence-electron chi connectivity index (χ0n) is 15.6. The first kappa shape index (κ1) is 21.7. The summed E-state index contributed by atoms with van der Waals surface area (Å²) in [7, 11) is 0. The van der Waals surface area contributed by atoms with Gasteiger partial charge < -0.3 is 10.6 Å². The Kier molecular flexibility index (Phi) is 7.38. The number of H-pyrrole nitrogens is 1. The molecule has 0 fully saturated rings. The molecule has 7 nitrogen and oxygen atoms in total. The average Bonchev–Trinajstić information content (AvgIpc) is 2.64. The minimum absolute atomic E-state index is 0.0812. The van der Waals surface area contributed by atoms with Crippen molar-refractivity contribution in [1.82, 2.24) is 9.55 Å². The van der Waals surface area contributed by atoms with Gasteiger partial charge in [0, 0.05) is 23.5 Å². The minimum atomic E-state index is -2.56. The Bertz CT molecular complexity index is 941. The normalized spacial score (nSPS) is 11.0. The topological polar surface area (TPSA) is 101 Å². The second-order valence-corrected chi connectivity index (χ2v) is 7.01. The van der Waals surface area contributed by atoms with E-state index < -0.39 is 22.9 Å². The van der Waals surface area contributed by atoms with Crippen LogP contribution in [-0.4, -0.2) is 27.8 Å². The fraction of sp³-hybridized carbons (Fsp3) is 0.389. The Balaban J connectivity index is 2.43. The number of unbranched alkanes of at least 4 members (excludes halogenated alkanes) is 1. The lowest BCUT2D eigenvalue weighted by Crippen LogP contribution is -2.41. The quantitative estimate of drug-likeness (QED) is 0.649. The number of nitrogens with one attached hydrogen (secondary N) is 1. The number of nitrogens with two attached hydrogens (primary N) is 1. The molecular formula is C18H22F2N4O3S.